The fourth-order valence-corrected chi connectivity index (χ4v) is 3.55. The summed E-state index contributed by atoms with van der Waals surface area (Å²) in [6.45, 7) is 3.65. The first kappa shape index (κ1) is 23.9. The van der Waals surface area contributed by atoms with Crippen LogP contribution in [-0.2, 0) is 11.4 Å². The Hall–Kier alpha value is -4.80. The van der Waals surface area contributed by atoms with E-state index >= 15 is 0 Å². The molecule has 5 rings (SSSR count). The summed E-state index contributed by atoms with van der Waals surface area (Å²) in [4.78, 5) is 20.9. The van der Waals surface area contributed by atoms with Crippen LogP contribution >= 0.6 is 0 Å². The third kappa shape index (κ3) is 4.96. The SMILES string of the molecule is Cc1noc(-n2c(OCc3cccc(NC(=O)C(F)(F)Oc4ccccc4)n3)nc3ccccc32)c1C. The number of fused-ring (bicyclic) bond motifs is 1. The Morgan fingerprint density at radius 3 is 2.51 bits per heavy atom. The van der Waals surface area contributed by atoms with Crippen LogP contribution < -0.4 is 14.8 Å². The third-order valence-corrected chi connectivity index (χ3v) is 5.52. The minimum Gasteiger partial charge on any atom is -0.458 e. The zero-order valence-corrected chi connectivity index (χ0v) is 19.8. The Morgan fingerprint density at radius 2 is 1.76 bits per heavy atom. The first-order valence-electron chi connectivity index (χ1n) is 11.2. The van der Waals surface area contributed by atoms with E-state index in [0.29, 0.717) is 17.1 Å². The minimum absolute atomic E-state index is 0.0594. The molecule has 0 radical (unpaired) electrons. The molecule has 0 saturated heterocycles. The van der Waals surface area contributed by atoms with Crippen molar-refractivity contribution in [2.45, 2.75) is 26.6 Å². The van der Waals surface area contributed by atoms with Gasteiger partial charge < -0.3 is 19.3 Å². The maximum atomic E-state index is 14.3. The molecule has 0 bridgehead atoms. The summed E-state index contributed by atoms with van der Waals surface area (Å²) >= 11 is 0. The van der Waals surface area contributed by atoms with Crippen molar-refractivity contribution in [3.63, 3.8) is 0 Å². The molecule has 3 aromatic heterocycles. The van der Waals surface area contributed by atoms with E-state index < -0.39 is 12.0 Å². The van der Waals surface area contributed by atoms with Gasteiger partial charge >= 0.3 is 18.0 Å². The lowest BCUT2D eigenvalue weighted by atomic mass is 10.2. The molecule has 1 amide bonds. The van der Waals surface area contributed by atoms with Crippen LogP contribution in [0.5, 0.6) is 11.8 Å². The number of halogens is 2. The van der Waals surface area contributed by atoms with Crippen molar-refractivity contribution in [1.82, 2.24) is 19.7 Å². The number of benzene rings is 2. The smallest absolute Gasteiger partial charge is 0.458 e. The summed E-state index contributed by atoms with van der Waals surface area (Å²) in [7, 11) is 0. The topological polar surface area (TPSA) is 104 Å². The van der Waals surface area contributed by atoms with E-state index in [1.165, 1.54) is 30.3 Å². The molecule has 9 nitrogen and oxygen atoms in total. The fraction of sp³-hybridized carbons (Fsp3) is 0.154. The lowest BCUT2D eigenvalue weighted by Gasteiger charge is -2.17. The predicted octanol–water partition coefficient (Wildman–Crippen LogP) is 5.21. The standard InChI is InChI=1S/C26H21F2N5O4/c1-16-17(2)32-37-23(16)33-21-13-7-6-12-20(21)30-25(33)35-15-18-9-8-14-22(29-18)31-24(34)26(27,28)36-19-10-4-3-5-11-19/h3-14H,15H2,1-2H3,(H,29,31,34). The largest absolute Gasteiger partial charge is 0.482 e. The van der Waals surface area contributed by atoms with Crippen molar-refractivity contribution in [1.29, 1.82) is 0 Å². The zero-order chi connectivity index (χ0) is 26.0. The molecule has 11 heteroatoms. The van der Waals surface area contributed by atoms with Gasteiger partial charge in [-0.15, -0.1) is 0 Å². The van der Waals surface area contributed by atoms with Gasteiger partial charge in [-0.25, -0.2) is 9.55 Å². The molecule has 5 aromatic rings. The van der Waals surface area contributed by atoms with E-state index in [4.69, 9.17) is 9.26 Å². The van der Waals surface area contributed by atoms with Crippen molar-refractivity contribution in [2.24, 2.45) is 0 Å². The molecule has 0 aliphatic rings. The molecule has 188 valence electrons. The highest BCUT2D eigenvalue weighted by Gasteiger charge is 2.42. The van der Waals surface area contributed by atoms with Crippen molar-refractivity contribution in [2.75, 3.05) is 5.32 Å². The number of pyridine rings is 1. The van der Waals surface area contributed by atoms with Gasteiger partial charge in [-0.2, -0.15) is 13.8 Å². The highest BCUT2D eigenvalue weighted by molar-refractivity contribution is 5.94. The van der Waals surface area contributed by atoms with Crippen LogP contribution in [-0.4, -0.2) is 31.7 Å². The maximum absolute atomic E-state index is 14.3. The monoisotopic (exact) mass is 505 g/mol. The lowest BCUT2D eigenvalue weighted by Crippen LogP contribution is -2.40. The van der Waals surface area contributed by atoms with Crippen LogP contribution in [0.15, 0.2) is 77.3 Å². The van der Waals surface area contributed by atoms with Gasteiger partial charge in [0, 0.05) is 5.56 Å². The third-order valence-electron chi connectivity index (χ3n) is 5.52. The lowest BCUT2D eigenvalue weighted by molar-refractivity contribution is -0.187. The van der Waals surface area contributed by atoms with Crippen molar-refractivity contribution >= 4 is 22.8 Å². The Kier molecular flexibility index (Phi) is 6.26. The van der Waals surface area contributed by atoms with Gasteiger partial charge in [-0.05, 0) is 50.2 Å². The second kappa shape index (κ2) is 9.69. The summed E-state index contributed by atoms with van der Waals surface area (Å²) in [5.74, 6) is -1.41. The van der Waals surface area contributed by atoms with Crippen molar-refractivity contribution in [3.8, 4) is 17.6 Å². The summed E-state index contributed by atoms with van der Waals surface area (Å²) in [6.07, 6.45) is -4.10. The molecule has 2 aromatic carbocycles. The quantitative estimate of drug-likeness (QED) is 0.309. The highest BCUT2D eigenvalue weighted by atomic mass is 19.3. The zero-order valence-electron chi connectivity index (χ0n) is 19.8. The van der Waals surface area contributed by atoms with Gasteiger partial charge in [0.15, 0.2) is 0 Å². The number of carbonyl (C=O) groups excluding carboxylic acids is 1. The molecule has 3 heterocycles. The summed E-state index contributed by atoms with van der Waals surface area (Å²) < 4.78 is 46.3. The van der Waals surface area contributed by atoms with Gasteiger partial charge in [-0.3, -0.25) is 4.79 Å². The number of aromatic nitrogens is 4. The average molecular weight is 505 g/mol. The molecule has 0 unspecified atom stereocenters. The van der Waals surface area contributed by atoms with Crippen LogP contribution in [0.4, 0.5) is 14.6 Å². The number of hydrogen-bond donors (Lipinski definition) is 1. The van der Waals surface area contributed by atoms with Crippen LogP contribution in [0.2, 0.25) is 0 Å². The molecule has 0 saturated carbocycles. The number of rotatable bonds is 8. The molecular weight excluding hydrogens is 484 g/mol. The van der Waals surface area contributed by atoms with Crippen molar-refractivity contribution < 1.29 is 27.6 Å². The van der Waals surface area contributed by atoms with Crippen LogP contribution in [0, 0.1) is 13.8 Å². The van der Waals surface area contributed by atoms with E-state index in [9.17, 15) is 13.6 Å². The molecule has 0 atom stereocenters. The number of ether oxygens (including phenoxy) is 2. The number of carbonyl (C=O) groups is 1. The van der Waals surface area contributed by atoms with E-state index in [0.717, 1.165) is 16.8 Å². The number of imidazole rings is 1. The molecule has 1 N–H and O–H groups in total. The second-order valence-electron chi connectivity index (χ2n) is 8.11. The minimum atomic E-state index is -4.10. The number of amides is 1. The molecule has 0 fully saturated rings. The van der Waals surface area contributed by atoms with Crippen LogP contribution in [0.3, 0.4) is 0 Å². The van der Waals surface area contributed by atoms with Gasteiger partial charge in [-0.1, -0.05) is 41.6 Å². The first-order valence-corrected chi connectivity index (χ1v) is 11.2. The number of anilines is 1. The molecule has 0 aliphatic heterocycles. The number of hydrogen-bond acceptors (Lipinski definition) is 7. The molecular formula is C26H21F2N5O4. The number of alkyl halides is 2. The van der Waals surface area contributed by atoms with E-state index in [1.54, 1.807) is 22.8 Å². The molecule has 0 spiro atoms. The maximum Gasteiger partial charge on any atom is 0.482 e. The predicted molar refractivity (Wildman–Crippen MR) is 130 cm³/mol. The molecule has 0 aliphatic carbocycles. The number of aryl methyl sites for hydroxylation is 1. The Balaban J connectivity index is 1.33. The Labute approximate surface area is 209 Å². The van der Waals surface area contributed by atoms with Crippen molar-refractivity contribution in [3.05, 3.63) is 89.7 Å². The molecule has 37 heavy (non-hydrogen) atoms. The highest BCUT2D eigenvalue weighted by Crippen LogP contribution is 2.29. The normalized spacial score (nSPS) is 11.5. The first-order chi connectivity index (χ1) is 17.8. The van der Waals surface area contributed by atoms with Gasteiger partial charge in [0.2, 0.25) is 5.88 Å². The van der Waals surface area contributed by atoms with E-state index in [2.05, 4.69) is 25.2 Å². The summed E-state index contributed by atoms with van der Waals surface area (Å²) in [5, 5.41) is 6.11. The summed E-state index contributed by atoms with van der Waals surface area (Å²) in [5.41, 5.74) is 3.37. The number of para-hydroxylation sites is 3. The Bertz CT molecular complexity index is 1570. The van der Waals surface area contributed by atoms with Gasteiger partial charge in [0.05, 0.1) is 22.4 Å². The van der Waals surface area contributed by atoms with E-state index in [-0.39, 0.29) is 24.2 Å². The van der Waals surface area contributed by atoms with E-state index in [1.807, 2.05) is 38.1 Å². The second-order valence-corrected chi connectivity index (χ2v) is 8.11. The van der Waals surface area contributed by atoms with Gasteiger partial charge in [0.25, 0.3) is 0 Å². The number of nitrogens with zero attached hydrogens (tertiary/aromatic N) is 4. The average Bonchev–Trinajstić information content (AvgIpc) is 3.42. The summed E-state index contributed by atoms with van der Waals surface area (Å²) in [6, 6.07) is 19.6. The van der Waals surface area contributed by atoms with Crippen LogP contribution in [0.25, 0.3) is 16.9 Å². The van der Waals surface area contributed by atoms with Crippen LogP contribution in [0.1, 0.15) is 17.0 Å². The number of nitrogens with one attached hydrogen (secondary N) is 1. The Morgan fingerprint density at radius 1 is 1.00 bits per heavy atom. The fourth-order valence-electron chi connectivity index (χ4n) is 3.55. The van der Waals surface area contributed by atoms with Gasteiger partial charge in [0.1, 0.15) is 18.2 Å².